The van der Waals surface area contributed by atoms with Crippen LogP contribution in [-0.2, 0) is 0 Å². The molecule has 0 bridgehead atoms. The van der Waals surface area contributed by atoms with Gasteiger partial charge in [0.2, 0.25) is 0 Å². The zero-order chi connectivity index (χ0) is 17.8. The van der Waals surface area contributed by atoms with Gasteiger partial charge in [0.25, 0.3) is 5.91 Å². The lowest BCUT2D eigenvalue weighted by Gasteiger charge is -2.15. The molecule has 0 aliphatic carbocycles. The number of hydrogen-bond donors (Lipinski definition) is 2. The Morgan fingerprint density at radius 2 is 1.96 bits per heavy atom. The summed E-state index contributed by atoms with van der Waals surface area (Å²) in [6.45, 7) is 1.99. The maximum Gasteiger partial charge on any atom is 0.253 e. The van der Waals surface area contributed by atoms with E-state index in [1.54, 1.807) is 24.4 Å². The van der Waals surface area contributed by atoms with Gasteiger partial charge in [-0.05, 0) is 30.2 Å². The van der Waals surface area contributed by atoms with Crippen molar-refractivity contribution in [3.8, 4) is 11.3 Å². The molecule has 0 radical (unpaired) electrons. The van der Waals surface area contributed by atoms with Crippen LogP contribution in [0.15, 0.2) is 54.7 Å². The number of hydrogen-bond acceptors (Lipinski definition) is 2. The summed E-state index contributed by atoms with van der Waals surface area (Å²) in [5.41, 5.74) is 2.34. The number of carbonyl (C=O) groups is 1. The highest BCUT2D eigenvalue weighted by Gasteiger charge is 2.19. The number of halogens is 2. The zero-order valence-electron chi connectivity index (χ0n) is 13.6. The second kappa shape index (κ2) is 7.72. The summed E-state index contributed by atoms with van der Waals surface area (Å²) in [5.74, 6) is 0.450. The Balaban J connectivity index is 1.79. The number of nitrogens with one attached hydrogen (secondary N) is 2. The quantitative estimate of drug-likeness (QED) is 0.640. The van der Waals surface area contributed by atoms with Gasteiger partial charge in [-0.15, -0.1) is 0 Å². The topological polar surface area (TPSA) is 57.8 Å². The van der Waals surface area contributed by atoms with Crippen molar-refractivity contribution in [2.24, 2.45) is 0 Å². The summed E-state index contributed by atoms with van der Waals surface area (Å²) in [6.07, 6.45) is 2.47. The Morgan fingerprint density at radius 3 is 2.64 bits per heavy atom. The second-order valence-corrected chi connectivity index (χ2v) is 6.45. The van der Waals surface area contributed by atoms with Gasteiger partial charge in [0, 0.05) is 5.02 Å². The lowest BCUT2D eigenvalue weighted by Crippen LogP contribution is -2.29. The minimum Gasteiger partial charge on any atom is -0.342 e. The van der Waals surface area contributed by atoms with Crippen molar-refractivity contribution in [2.75, 3.05) is 0 Å². The molecule has 1 unspecified atom stereocenters. The summed E-state index contributed by atoms with van der Waals surface area (Å²) in [4.78, 5) is 20.2. The van der Waals surface area contributed by atoms with Gasteiger partial charge in [-0.1, -0.05) is 60.5 Å². The fourth-order valence-electron chi connectivity index (χ4n) is 2.55. The third-order valence-electron chi connectivity index (χ3n) is 3.90. The smallest absolute Gasteiger partial charge is 0.253 e. The number of nitrogens with zero attached hydrogens (tertiary/aromatic N) is 1. The van der Waals surface area contributed by atoms with Gasteiger partial charge in [-0.25, -0.2) is 4.98 Å². The van der Waals surface area contributed by atoms with E-state index in [9.17, 15) is 4.79 Å². The number of aromatic nitrogens is 2. The fraction of sp³-hybridized carbons (Fsp3) is 0.158. The van der Waals surface area contributed by atoms with Gasteiger partial charge in [-0.3, -0.25) is 4.79 Å². The number of amides is 1. The van der Waals surface area contributed by atoms with E-state index in [1.165, 1.54) is 0 Å². The number of carbonyl (C=O) groups excluding carboxylic acids is 1. The standard InChI is InChI=1S/C19H17Cl2N3O/c1-2-16(24-19(25)14-9-8-13(20)10-15(14)21)18-22-11-17(23-18)12-6-4-3-5-7-12/h3-11,16H,2H2,1H3,(H,22,23)(H,24,25). The van der Waals surface area contributed by atoms with Crippen LogP contribution in [0, 0.1) is 0 Å². The Bertz CT molecular complexity index is 877. The number of benzene rings is 2. The highest BCUT2D eigenvalue weighted by atomic mass is 35.5. The maximum atomic E-state index is 12.5. The molecule has 0 saturated heterocycles. The first-order valence-corrected chi connectivity index (χ1v) is 8.70. The van der Waals surface area contributed by atoms with Crippen LogP contribution in [-0.4, -0.2) is 15.9 Å². The minimum atomic E-state index is -0.258. The van der Waals surface area contributed by atoms with Crippen molar-refractivity contribution in [1.82, 2.24) is 15.3 Å². The van der Waals surface area contributed by atoms with E-state index in [0.29, 0.717) is 27.9 Å². The van der Waals surface area contributed by atoms with Gasteiger partial charge in [0.1, 0.15) is 5.82 Å². The van der Waals surface area contributed by atoms with E-state index < -0.39 is 0 Å². The molecule has 3 aromatic rings. The molecule has 0 aliphatic heterocycles. The molecule has 2 aromatic carbocycles. The van der Waals surface area contributed by atoms with E-state index in [0.717, 1.165) is 11.3 Å². The van der Waals surface area contributed by atoms with Crippen LogP contribution in [0.4, 0.5) is 0 Å². The summed E-state index contributed by atoms with van der Waals surface area (Å²) >= 11 is 12.0. The largest absolute Gasteiger partial charge is 0.342 e. The van der Waals surface area contributed by atoms with E-state index in [-0.39, 0.29) is 11.9 Å². The molecule has 128 valence electrons. The third kappa shape index (κ3) is 4.03. The molecule has 4 nitrogen and oxygen atoms in total. The Hall–Kier alpha value is -2.30. The molecule has 6 heteroatoms. The summed E-state index contributed by atoms with van der Waals surface area (Å²) in [5, 5.41) is 3.78. The van der Waals surface area contributed by atoms with Crippen molar-refractivity contribution in [3.05, 3.63) is 76.2 Å². The van der Waals surface area contributed by atoms with E-state index >= 15 is 0 Å². The van der Waals surface area contributed by atoms with E-state index in [4.69, 9.17) is 23.2 Å². The van der Waals surface area contributed by atoms with E-state index in [2.05, 4.69) is 15.3 Å². The van der Waals surface area contributed by atoms with Crippen LogP contribution in [0.3, 0.4) is 0 Å². The molecule has 0 saturated carbocycles. The predicted molar refractivity (Wildman–Crippen MR) is 101 cm³/mol. The SMILES string of the molecule is CCC(NC(=O)c1ccc(Cl)cc1Cl)c1ncc(-c2ccccc2)[nH]1. The van der Waals surface area contributed by atoms with Crippen molar-refractivity contribution < 1.29 is 4.79 Å². The fourth-order valence-corrected chi connectivity index (χ4v) is 3.05. The summed E-state index contributed by atoms with van der Waals surface area (Å²) in [7, 11) is 0. The van der Waals surface area contributed by atoms with Crippen LogP contribution in [0.25, 0.3) is 11.3 Å². The lowest BCUT2D eigenvalue weighted by atomic mass is 10.1. The first-order valence-electron chi connectivity index (χ1n) is 7.94. The van der Waals surface area contributed by atoms with Crippen LogP contribution in [0.2, 0.25) is 10.0 Å². The van der Waals surface area contributed by atoms with Crippen LogP contribution < -0.4 is 5.32 Å². The monoisotopic (exact) mass is 373 g/mol. The molecule has 1 atom stereocenters. The van der Waals surface area contributed by atoms with Crippen molar-refractivity contribution in [3.63, 3.8) is 0 Å². The minimum absolute atomic E-state index is 0.239. The molecule has 0 spiro atoms. The number of imidazole rings is 1. The van der Waals surface area contributed by atoms with Crippen molar-refractivity contribution in [1.29, 1.82) is 0 Å². The highest BCUT2D eigenvalue weighted by Crippen LogP contribution is 2.23. The van der Waals surface area contributed by atoms with Gasteiger partial charge < -0.3 is 10.3 Å². The van der Waals surface area contributed by atoms with Gasteiger partial charge in [0.05, 0.1) is 28.5 Å². The van der Waals surface area contributed by atoms with E-state index in [1.807, 2.05) is 37.3 Å². The first kappa shape index (κ1) is 17.5. The summed E-state index contributed by atoms with van der Waals surface area (Å²) < 4.78 is 0. The van der Waals surface area contributed by atoms with Crippen LogP contribution in [0.1, 0.15) is 35.6 Å². The molecule has 25 heavy (non-hydrogen) atoms. The average Bonchev–Trinajstić information content (AvgIpc) is 3.10. The highest BCUT2D eigenvalue weighted by molar-refractivity contribution is 6.36. The molecule has 1 amide bonds. The molecular weight excluding hydrogens is 357 g/mol. The molecule has 0 aliphatic rings. The summed E-state index contributed by atoms with van der Waals surface area (Å²) in [6, 6.07) is 14.5. The Morgan fingerprint density at radius 1 is 1.20 bits per heavy atom. The van der Waals surface area contributed by atoms with Crippen molar-refractivity contribution >= 4 is 29.1 Å². The lowest BCUT2D eigenvalue weighted by molar-refractivity contribution is 0.0934. The average molecular weight is 374 g/mol. The van der Waals surface area contributed by atoms with Crippen molar-refractivity contribution in [2.45, 2.75) is 19.4 Å². The Labute approximate surface area is 156 Å². The molecular formula is C19H17Cl2N3O. The van der Waals surface area contributed by atoms with Crippen LogP contribution >= 0.6 is 23.2 Å². The predicted octanol–water partition coefficient (Wildman–Crippen LogP) is 5.26. The molecule has 1 aromatic heterocycles. The van der Waals surface area contributed by atoms with Gasteiger partial charge in [-0.2, -0.15) is 0 Å². The Kier molecular flexibility index (Phi) is 5.41. The second-order valence-electron chi connectivity index (χ2n) is 5.61. The third-order valence-corrected chi connectivity index (χ3v) is 4.45. The molecule has 3 rings (SSSR count). The number of aromatic amines is 1. The molecule has 0 fully saturated rings. The van der Waals surface area contributed by atoms with Gasteiger partial charge in [0.15, 0.2) is 0 Å². The van der Waals surface area contributed by atoms with Gasteiger partial charge >= 0.3 is 0 Å². The molecule has 1 heterocycles. The van der Waals surface area contributed by atoms with Crippen LogP contribution in [0.5, 0.6) is 0 Å². The zero-order valence-corrected chi connectivity index (χ0v) is 15.1. The normalized spacial score (nSPS) is 12.0. The first-order chi connectivity index (χ1) is 12.1. The maximum absolute atomic E-state index is 12.5. The molecule has 2 N–H and O–H groups in total. The number of H-pyrrole nitrogens is 1. The number of rotatable bonds is 5.